The first-order valence-electron chi connectivity index (χ1n) is 10.4. The lowest BCUT2D eigenvalue weighted by Gasteiger charge is -2.11. The van der Waals surface area contributed by atoms with Crippen molar-refractivity contribution in [1.82, 2.24) is 19.9 Å². The molecule has 0 aliphatic carbocycles. The zero-order chi connectivity index (χ0) is 24.1. The first-order valence-corrected chi connectivity index (χ1v) is 11.7. The molecule has 4 N–H and O–H groups in total. The van der Waals surface area contributed by atoms with Crippen LogP contribution >= 0.6 is 22.9 Å². The number of aromatic nitrogens is 3. The molecule has 0 fully saturated rings. The van der Waals surface area contributed by atoms with Gasteiger partial charge in [0.15, 0.2) is 5.13 Å². The van der Waals surface area contributed by atoms with Crippen LogP contribution < -0.4 is 11.1 Å². The Kier molecular flexibility index (Phi) is 7.24. The number of nitrogens with two attached hydrogens (primary N) is 1. The molecule has 8 nitrogen and oxygen atoms in total. The Bertz CT molecular complexity index is 1300. The molecule has 0 radical (unpaired) electrons. The van der Waals surface area contributed by atoms with E-state index in [1.165, 1.54) is 17.7 Å². The lowest BCUT2D eigenvalue weighted by atomic mass is 10.00. The molecule has 4 aromatic rings. The SMILES string of the molecule is Nc1nc(CC(C(=O)O)c2cn(CC(=O)NCc3ccccc3-c3ccc(Cl)cc3)cn2)cs1. The Balaban J connectivity index is 1.39. The number of rotatable bonds is 9. The van der Waals surface area contributed by atoms with Gasteiger partial charge >= 0.3 is 5.97 Å². The zero-order valence-corrected chi connectivity index (χ0v) is 19.6. The van der Waals surface area contributed by atoms with Gasteiger partial charge in [0, 0.05) is 29.6 Å². The number of amides is 1. The van der Waals surface area contributed by atoms with Gasteiger partial charge in [-0.3, -0.25) is 9.59 Å². The van der Waals surface area contributed by atoms with Crippen molar-refractivity contribution < 1.29 is 14.7 Å². The fourth-order valence-electron chi connectivity index (χ4n) is 3.59. The number of aliphatic carboxylic acids is 1. The van der Waals surface area contributed by atoms with Crippen molar-refractivity contribution in [2.75, 3.05) is 5.73 Å². The molecule has 174 valence electrons. The third-order valence-electron chi connectivity index (χ3n) is 5.27. The number of halogens is 1. The van der Waals surface area contributed by atoms with Crippen molar-refractivity contribution in [1.29, 1.82) is 0 Å². The third-order valence-corrected chi connectivity index (χ3v) is 6.24. The topological polar surface area (TPSA) is 123 Å². The van der Waals surface area contributed by atoms with Crippen molar-refractivity contribution in [2.45, 2.75) is 25.4 Å². The molecular formula is C24H22ClN5O3S. The average Bonchev–Trinajstić information content (AvgIpc) is 3.45. The highest BCUT2D eigenvalue weighted by Crippen LogP contribution is 2.25. The Hall–Kier alpha value is -3.69. The minimum absolute atomic E-state index is 0.0199. The van der Waals surface area contributed by atoms with E-state index in [0.717, 1.165) is 16.7 Å². The fourth-order valence-corrected chi connectivity index (χ4v) is 4.29. The highest BCUT2D eigenvalue weighted by molar-refractivity contribution is 7.13. The normalized spacial score (nSPS) is 11.8. The monoisotopic (exact) mass is 495 g/mol. The zero-order valence-electron chi connectivity index (χ0n) is 18.0. The Morgan fingerprint density at radius 3 is 2.65 bits per heavy atom. The minimum Gasteiger partial charge on any atom is -0.481 e. The molecule has 0 bridgehead atoms. The highest BCUT2D eigenvalue weighted by atomic mass is 35.5. The molecule has 1 amide bonds. The average molecular weight is 496 g/mol. The quantitative estimate of drug-likeness (QED) is 0.323. The van der Waals surface area contributed by atoms with Gasteiger partial charge in [-0.25, -0.2) is 9.97 Å². The summed E-state index contributed by atoms with van der Waals surface area (Å²) in [6.45, 7) is 0.369. The maximum atomic E-state index is 12.6. The molecule has 2 aromatic heterocycles. The van der Waals surface area contributed by atoms with Gasteiger partial charge in [-0.1, -0.05) is 48.0 Å². The molecule has 1 unspecified atom stereocenters. The Morgan fingerprint density at radius 2 is 1.94 bits per heavy atom. The number of nitrogen functional groups attached to an aromatic ring is 1. The molecule has 0 saturated carbocycles. The van der Waals surface area contributed by atoms with E-state index in [1.54, 1.807) is 16.1 Å². The van der Waals surface area contributed by atoms with Crippen LogP contribution in [-0.2, 0) is 29.1 Å². The lowest BCUT2D eigenvalue weighted by Crippen LogP contribution is -2.27. The minimum atomic E-state index is -1.01. The summed E-state index contributed by atoms with van der Waals surface area (Å²) in [6.07, 6.45) is 3.21. The van der Waals surface area contributed by atoms with Gasteiger partial charge in [-0.15, -0.1) is 11.3 Å². The van der Waals surface area contributed by atoms with Gasteiger partial charge in [-0.05, 0) is 28.8 Å². The molecule has 4 rings (SSSR count). The number of nitrogens with zero attached hydrogens (tertiary/aromatic N) is 3. The molecule has 10 heteroatoms. The maximum Gasteiger partial charge on any atom is 0.313 e. The summed E-state index contributed by atoms with van der Waals surface area (Å²) in [5.74, 6) is -2.11. The van der Waals surface area contributed by atoms with Crippen LogP contribution in [0.25, 0.3) is 11.1 Å². The van der Waals surface area contributed by atoms with E-state index >= 15 is 0 Å². The van der Waals surface area contributed by atoms with Crippen LogP contribution in [0.3, 0.4) is 0 Å². The number of carboxylic acid groups (broad SMARTS) is 1. The van der Waals surface area contributed by atoms with Gasteiger partial charge < -0.3 is 20.7 Å². The van der Waals surface area contributed by atoms with Gasteiger partial charge in [0.25, 0.3) is 0 Å². The number of hydrogen-bond donors (Lipinski definition) is 3. The van der Waals surface area contributed by atoms with E-state index in [2.05, 4.69) is 15.3 Å². The van der Waals surface area contributed by atoms with Crippen LogP contribution in [0, 0.1) is 0 Å². The molecule has 2 heterocycles. The molecule has 34 heavy (non-hydrogen) atoms. The van der Waals surface area contributed by atoms with Crippen LogP contribution in [0.5, 0.6) is 0 Å². The second kappa shape index (κ2) is 10.5. The number of thiazole rings is 1. The largest absolute Gasteiger partial charge is 0.481 e. The summed E-state index contributed by atoms with van der Waals surface area (Å²) >= 11 is 7.25. The van der Waals surface area contributed by atoms with Crippen LogP contribution in [0.2, 0.25) is 5.02 Å². The van der Waals surface area contributed by atoms with E-state index in [1.807, 2.05) is 48.5 Å². The van der Waals surface area contributed by atoms with Crippen molar-refractivity contribution in [3.05, 3.63) is 88.4 Å². The van der Waals surface area contributed by atoms with Crippen LogP contribution in [0.15, 0.2) is 66.4 Å². The number of nitrogens with one attached hydrogen (secondary N) is 1. The smallest absolute Gasteiger partial charge is 0.313 e. The molecule has 0 saturated heterocycles. The lowest BCUT2D eigenvalue weighted by molar-refractivity contribution is -0.138. The van der Waals surface area contributed by atoms with E-state index in [0.29, 0.717) is 28.1 Å². The van der Waals surface area contributed by atoms with Crippen molar-refractivity contribution >= 4 is 39.9 Å². The predicted molar refractivity (Wildman–Crippen MR) is 132 cm³/mol. The number of benzene rings is 2. The summed E-state index contributed by atoms with van der Waals surface area (Å²) in [6, 6.07) is 15.4. The van der Waals surface area contributed by atoms with E-state index in [4.69, 9.17) is 17.3 Å². The van der Waals surface area contributed by atoms with E-state index < -0.39 is 11.9 Å². The molecule has 0 aliphatic rings. The first-order chi connectivity index (χ1) is 16.4. The number of carboxylic acids is 1. The summed E-state index contributed by atoms with van der Waals surface area (Å²) in [4.78, 5) is 32.7. The summed E-state index contributed by atoms with van der Waals surface area (Å²) in [5, 5.41) is 15.3. The molecule has 1 atom stereocenters. The summed E-state index contributed by atoms with van der Waals surface area (Å²) in [7, 11) is 0. The second-order valence-electron chi connectivity index (χ2n) is 7.68. The van der Waals surface area contributed by atoms with Gasteiger partial charge in [0.2, 0.25) is 5.91 Å². The Morgan fingerprint density at radius 1 is 1.18 bits per heavy atom. The number of carbonyl (C=O) groups excluding carboxylic acids is 1. The fraction of sp³-hybridized carbons (Fsp3) is 0.167. The number of anilines is 1. The molecular weight excluding hydrogens is 474 g/mol. The second-order valence-corrected chi connectivity index (χ2v) is 9.01. The number of imidazole rings is 1. The van der Waals surface area contributed by atoms with Gasteiger partial charge in [-0.2, -0.15) is 0 Å². The van der Waals surface area contributed by atoms with E-state index in [9.17, 15) is 14.7 Å². The van der Waals surface area contributed by atoms with Crippen molar-refractivity contribution in [3.63, 3.8) is 0 Å². The standard InChI is InChI=1S/C24H22ClN5O3S/c25-17-7-5-15(6-8-17)19-4-2-1-3-16(19)10-27-22(31)12-30-11-21(28-14-30)20(23(32)33)9-18-13-34-24(26)29-18/h1-8,11,13-14,20H,9-10,12H2,(H2,26,29)(H,27,31)(H,32,33). The van der Waals surface area contributed by atoms with Crippen LogP contribution in [-0.4, -0.2) is 31.5 Å². The number of hydrogen-bond acceptors (Lipinski definition) is 6. The Labute approximate surface area is 205 Å². The highest BCUT2D eigenvalue weighted by Gasteiger charge is 2.24. The van der Waals surface area contributed by atoms with Crippen LogP contribution in [0.4, 0.5) is 5.13 Å². The number of carbonyl (C=O) groups is 2. The first kappa shape index (κ1) is 23.5. The maximum absolute atomic E-state index is 12.6. The van der Waals surface area contributed by atoms with Gasteiger partial charge in [0.1, 0.15) is 12.5 Å². The van der Waals surface area contributed by atoms with Crippen molar-refractivity contribution in [2.24, 2.45) is 0 Å². The molecule has 2 aromatic carbocycles. The van der Waals surface area contributed by atoms with Crippen LogP contribution in [0.1, 0.15) is 22.9 Å². The summed E-state index contributed by atoms with van der Waals surface area (Å²) in [5.41, 5.74) is 9.59. The molecule has 0 aliphatic heterocycles. The van der Waals surface area contributed by atoms with Crippen molar-refractivity contribution in [3.8, 4) is 11.1 Å². The summed E-state index contributed by atoms with van der Waals surface area (Å²) < 4.78 is 1.57. The third kappa shape index (κ3) is 5.81. The van der Waals surface area contributed by atoms with Gasteiger partial charge in [0.05, 0.1) is 17.7 Å². The molecule has 0 spiro atoms. The van der Waals surface area contributed by atoms with E-state index in [-0.39, 0.29) is 18.9 Å². The predicted octanol–water partition coefficient (Wildman–Crippen LogP) is 3.97.